The van der Waals surface area contributed by atoms with Crippen LogP contribution in [0, 0.1) is 0 Å². The number of fused-ring (bicyclic) bond motifs is 2. The van der Waals surface area contributed by atoms with Gasteiger partial charge in [-0.25, -0.2) is 0 Å². The first-order valence-electron chi connectivity index (χ1n) is 10.3. The maximum absolute atomic E-state index is 10.1. The second-order valence-corrected chi connectivity index (χ2v) is 7.78. The van der Waals surface area contributed by atoms with E-state index in [0.29, 0.717) is 11.8 Å². The van der Waals surface area contributed by atoms with Crippen molar-refractivity contribution in [2.24, 2.45) is 0 Å². The Hall–Kier alpha value is -2.32. The van der Waals surface area contributed by atoms with Gasteiger partial charge in [-0.3, -0.25) is 4.90 Å². The fourth-order valence-electron chi connectivity index (χ4n) is 4.51. The molecule has 1 aliphatic rings. The summed E-state index contributed by atoms with van der Waals surface area (Å²) >= 11 is 0. The van der Waals surface area contributed by atoms with Crippen LogP contribution in [0.15, 0.2) is 60.7 Å². The van der Waals surface area contributed by atoms with Gasteiger partial charge in [0.2, 0.25) is 0 Å². The average molecular weight is 360 g/mol. The zero-order valence-electron chi connectivity index (χ0n) is 16.2. The molecule has 4 rings (SSSR count). The Balaban J connectivity index is 1.46. The summed E-state index contributed by atoms with van der Waals surface area (Å²) in [6.07, 6.45) is 5.46. The van der Waals surface area contributed by atoms with E-state index in [1.54, 1.807) is 0 Å². The number of hydrogen-bond donors (Lipinski definition) is 1. The Morgan fingerprint density at radius 2 is 1.81 bits per heavy atom. The average Bonchev–Trinajstić information content (AvgIpc) is 2.71. The molecule has 140 valence electrons. The highest BCUT2D eigenvalue weighted by Gasteiger charge is 2.25. The summed E-state index contributed by atoms with van der Waals surface area (Å²) in [6, 6.07) is 22.0. The van der Waals surface area contributed by atoms with Crippen LogP contribution in [0.2, 0.25) is 0 Å². The molecule has 1 unspecified atom stereocenters. The number of phenolic OH excluding ortho intramolecular Hbond substituents is 1. The second-order valence-electron chi connectivity index (χ2n) is 7.78. The van der Waals surface area contributed by atoms with E-state index >= 15 is 0 Å². The van der Waals surface area contributed by atoms with E-state index in [4.69, 9.17) is 0 Å². The quantitative estimate of drug-likeness (QED) is 0.641. The number of hydrogen-bond acceptors (Lipinski definition) is 2. The maximum atomic E-state index is 10.1. The van der Waals surface area contributed by atoms with E-state index in [-0.39, 0.29) is 0 Å². The molecular formula is C25H29NO. The molecular weight excluding hydrogens is 330 g/mol. The Kier molecular flexibility index (Phi) is 5.45. The molecule has 0 heterocycles. The lowest BCUT2D eigenvalue weighted by Crippen LogP contribution is -2.41. The fourth-order valence-corrected chi connectivity index (χ4v) is 4.51. The van der Waals surface area contributed by atoms with Crippen LogP contribution >= 0.6 is 0 Å². The molecule has 27 heavy (non-hydrogen) atoms. The van der Waals surface area contributed by atoms with E-state index in [1.165, 1.54) is 33.9 Å². The zero-order valence-corrected chi connectivity index (χ0v) is 16.2. The van der Waals surface area contributed by atoms with E-state index in [0.717, 1.165) is 38.8 Å². The van der Waals surface area contributed by atoms with Gasteiger partial charge in [-0.15, -0.1) is 0 Å². The minimum Gasteiger partial charge on any atom is -0.508 e. The third-order valence-electron chi connectivity index (χ3n) is 5.96. The van der Waals surface area contributed by atoms with Crippen LogP contribution in [0.3, 0.4) is 0 Å². The van der Waals surface area contributed by atoms with Gasteiger partial charge in [-0.05, 0) is 72.2 Å². The molecule has 0 aromatic heterocycles. The summed E-state index contributed by atoms with van der Waals surface area (Å²) in [5.41, 5.74) is 3.92. The van der Waals surface area contributed by atoms with Crippen LogP contribution in [0.25, 0.3) is 10.8 Å². The molecule has 0 saturated carbocycles. The van der Waals surface area contributed by atoms with Gasteiger partial charge < -0.3 is 5.11 Å². The summed E-state index contributed by atoms with van der Waals surface area (Å²) in [4.78, 5) is 2.67. The monoisotopic (exact) mass is 359 g/mol. The van der Waals surface area contributed by atoms with Crippen molar-refractivity contribution < 1.29 is 5.11 Å². The van der Waals surface area contributed by atoms with Crippen LogP contribution in [0.4, 0.5) is 0 Å². The van der Waals surface area contributed by atoms with Gasteiger partial charge in [0.05, 0.1) is 0 Å². The molecule has 1 atom stereocenters. The van der Waals surface area contributed by atoms with Crippen molar-refractivity contribution in [3.05, 3.63) is 77.4 Å². The molecule has 3 aromatic carbocycles. The summed E-state index contributed by atoms with van der Waals surface area (Å²) < 4.78 is 0. The van der Waals surface area contributed by atoms with E-state index in [2.05, 4.69) is 60.4 Å². The van der Waals surface area contributed by atoms with E-state index in [9.17, 15) is 5.11 Å². The Labute approximate surface area is 162 Å². The molecule has 0 fully saturated rings. The van der Waals surface area contributed by atoms with Crippen molar-refractivity contribution in [2.75, 3.05) is 13.1 Å². The molecule has 0 aliphatic heterocycles. The van der Waals surface area contributed by atoms with Gasteiger partial charge in [0.15, 0.2) is 0 Å². The lowest BCUT2D eigenvalue weighted by atomic mass is 9.86. The van der Waals surface area contributed by atoms with Gasteiger partial charge in [-0.1, -0.05) is 61.5 Å². The highest BCUT2D eigenvalue weighted by Crippen LogP contribution is 2.31. The normalized spacial score (nSPS) is 16.6. The fraction of sp³-hybridized carbons (Fsp3) is 0.360. The van der Waals surface area contributed by atoms with Gasteiger partial charge in [0.25, 0.3) is 0 Å². The molecule has 3 aromatic rings. The van der Waals surface area contributed by atoms with Gasteiger partial charge >= 0.3 is 0 Å². The number of rotatable bonds is 6. The molecule has 1 N–H and O–H groups in total. The summed E-state index contributed by atoms with van der Waals surface area (Å²) in [5.74, 6) is 0.476. The van der Waals surface area contributed by atoms with E-state index in [1.807, 2.05) is 12.1 Å². The maximum Gasteiger partial charge on any atom is 0.119 e. The molecule has 0 amide bonds. The number of phenols is 1. The lowest BCUT2D eigenvalue weighted by Gasteiger charge is -2.35. The van der Waals surface area contributed by atoms with Crippen LogP contribution in [-0.2, 0) is 19.3 Å². The Bertz CT molecular complexity index is 917. The summed E-state index contributed by atoms with van der Waals surface area (Å²) in [7, 11) is 0. The van der Waals surface area contributed by atoms with Gasteiger partial charge in [0.1, 0.15) is 5.75 Å². The van der Waals surface area contributed by atoms with Crippen LogP contribution < -0.4 is 0 Å². The first-order chi connectivity index (χ1) is 13.2. The molecule has 1 aliphatic carbocycles. The number of benzene rings is 3. The van der Waals surface area contributed by atoms with Crippen molar-refractivity contribution >= 4 is 10.8 Å². The van der Waals surface area contributed by atoms with Crippen molar-refractivity contribution in [1.29, 1.82) is 0 Å². The second kappa shape index (κ2) is 8.14. The smallest absolute Gasteiger partial charge is 0.119 e. The predicted molar refractivity (Wildman–Crippen MR) is 113 cm³/mol. The standard InChI is InChI=1S/C25H29NO/c1-2-15-26(23-12-13-24-22(18-23)8-5-9-25(24)27)16-14-19-10-11-20-6-3-4-7-21(20)17-19/h3-11,17,23,27H,2,12-16,18H2,1H3. The third-order valence-corrected chi connectivity index (χ3v) is 5.96. The molecule has 2 nitrogen and oxygen atoms in total. The minimum absolute atomic E-state index is 0.476. The van der Waals surface area contributed by atoms with Crippen LogP contribution in [0.5, 0.6) is 5.75 Å². The van der Waals surface area contributed by atoms with Gasteiger partial charge in [-0.2, -0.15) is 0 Å². The molecule has 0 spiro atoms. The SMILES string of the molecule is CCCN(CCc1ccc2ccccc2c1)C1CCc2c(O)cccc2C1. The summed E-state index contributed by atoms with van der Waals surface area (Å²) in [5, 5.41) is 12.8. The van der Waals surface area contributed by atoms with Crippen LogP contribution in [0.1, 0.15) is 36.5 Å². The van der Waals surface area contributed by atoms with E-state index < -0.39 is 0 Å². The number of aromatic hydroxyl groups is 1. The molecule has 0 saturated heterocycles. The largest absolute Gasteiger partial charge is 0.508 e. The zero-order chi connectivity index (χ0) is 18.6. The Morgan fingerprint density at radius 3 is 2.67 bits per heavy atom. The number of nitrogens with zero attached hydrogens (tertiary/aromatic N) is 1. The molecule has 0 radical (unpaired) electrons. The minimum atomic E-state index is 0.476. The Morgan fingerprint density at radius 1 is 0.963 bits per heavy atom. The highest BCUT2D eigenvalue weighted by molar-refractivity contribution is 5.82. The first kappa shape index (κ1) is 18.1. The topological polar surface area (TPSA) is 23.5 Å². The van der Waals surface area contributed by atoms with Crippen LogP contribution in [-0.4, -0.2) is 29.1 Å². The molecule has 0 bridgehead atoms. The molecule has 2 heteroatoms. The van der Waals surface area contributed by atoms with Crippen molar-refractivity contribution in [1.82, 2.24) is 4.90 Å². The van der Waals surface area contributed by atoms with Gasteiger partial charge in [0, 0.05) is 12.6 Å². The van der Waals surface area contributed by atoms with Crippen molar-refractivity contribution in [2.45, 2.75) is 45.1 Å². The van der Waals surface area contributed by atoms with Crippen molar-refractivity contribution in [3.63, 3.8) is 0 Å². The predicted octanol–water partition coefficient (Wildman–Crippen LogP) is 5.36. The van der Waals surface area contributed by atoms with Crippen molar-refractivity contribution in [3.8, 4) is 5.75 Å². The first-order valence-corrected chi connectivity index (χ1v) is 10.3. The summed E-state index contributed by atoms with van der Waals surface area (Å²) in [6.45, 7) is 4.52. The lowest BCUT2D eigenvalue weighted by molar-refractivity contribution is 0.181. The third kappa shape index (κ3) is 4.01. The highest BCUT2D eigenvalue weighted by atomic mass is 16.3.